The maximum atomic E-state index is 11.1. The topological polar surface area (TPSA) is 72.3 Å². The lowest BCUT2D eigenvalue weighted by Crippen LogP contribution is -2.19. The van der Waals surface area contributed by atoms with Crippen LogP contribution < -0.4 is 14.8 Å². The van der Waals surface area contributed by atoms with Gasteiger partial charge in [-0.3, -0.25) is 4.79 Å². The Kier molecular flexibility index (Phi) is 6.46. The molecule has 0 saturated carbocycles. The van der Waals surface area contributed by atoms with E-state index in [0.717, 1.165) is 11.3 Å². The van der Waals surface area contributed by atoms with Gasteiger partial charge in [-0.2, -0.15) is 5.10 Å². The molecule has 1 amide bonds. The molecular weight excluding hydrogens is 314 g/mol. The molecule has 0 aromatic heterocycles. The molecule has 1 aromatic carbocycles. The number of carbonyl (C=O) groups excluding carboxylic acids is 1. The van der Waals surface area contributed by atoms with Gasteiger partial charge in [-0.25, -0.2) is 0 Å². The molecule has 1 heterocycles. The molecule has 1 aromatic rings. The Bertz CT molecular complexity index is 615. The first-order valence-corrected chi connectivity index (χ1v) is 8.50. The molecule has 0 aliphatic carbocycles. The van der Waals surface area contributed by atoms with Crippen LogP contribution in [0.1, 0.15) is 26.3 Å². The number of benzene rings is 1. The van der Waals surface area contributed by atoms with Crippen LogP contribution in [0.4, 0.5) is 0 Å². The molecule has 1 aliphatic rings. The minimum atomic E-state index is -0.0470. The summed E-state index contributed by atoms with van der Waals surface area (Å²) in [4.78, 5) is 11.1. The molecule has 0 atom stereocenters. The van der Waals surface area contributed by atoms with Crippen LogP contribution in [-0.4, -0.2) is 36.3 Å². The molecule has 2 rings (SSSR count). The first kappa shape index (κ1) is 17.3. The Morgan fingerprint density at radius 1 is 1.35 bits per heavy atom. The highest BCUT2D eigenvalue weighted by molar-refractivity contribution is 8.15. The van der Waals surface area contributed by atoms with Crippen LogP contribution >= 0.6 is 11.8 Å². The molecule has 1 aliphatic heterocycles. The van der Waals surface area contributed by atoms with Gasteiger partial charge < -0.3 is 14.8 Å². The number of ether oxygens (including phenoxy) is 2. The molecule has 0 bridgehead atoms. The van der Waals surface area contributed by atoms with Crippen molar-refractivity contribution in [1.29, 1.82) is 0 Å². The van der Waals surface area contributed by atoms with Crippen molar-refractivity contribution in [1.82, 2.24) is 5.32 Å². The second-order valence-corrected chi connectivity index (χ2v) is 6.29. The first-order chi connectivity index (χ1) is 11.1. The predicted molar refractivity (Wildman–Crippen MR) is 93.6 cm³/mol. The van der Waals surface area contributed by atoms with Crippen LogP contribution in [0.25, 0.3) is 0 Å². The fourth-order valence-electron chi connectivity index (χ4n) is 1.78. The van der Waals surface area contributed by atoms with E-state index in [4.69, 9.17) is 9.47 Å². The summed E-state index contributed by atoms with van der Waals surface area (Å²) in [5, 5.41) is 11.1. The maximum absolute atomic E-state index is 11.1. The third-order valence-corrected chi connectivity index (χ3v) is 3.65. The number of rotatable bonds is 7. The van der Waals surface area contributed by atoms with Crippen molar-refractivity contribution in [2.24, 2.45) is 16.1 Å². The second-order valence-electron chi connectivity index (χ2n) is 5.33. The van der Waals surface area contributed by atoms with Crippen molar-refractivity contribution < 1.29 is 14.3 Å². The third kappa shape index (κ3) is 5.59. The van der Waals surface area contributed by atoms with Crippen LogP contribution in [0.3, 0.4) is 0 Å². The van der Waals surface area contributed by atoms with E-state index in [-0.39, 0.29) is 5.91 Å². The molecule has 6 nitrogen and oxygen atoms in total. The summed E-state index contributed by atoms with van der Waals surface area (Å²) in [5.74, 6) is 2.20. The molecule has 23 heavy (non-hydrogen) atoms. The summed E-state index contributed by atoms with van der Waals surface area (Å²) in [5.41, 5.74) is 0.851. The SMILES string of the molecule is CCOc1cc(C=NN=C2NC(=O)CS2)ccc1OCC(C)C. The zero-order chi connectivity index (χ0) is 16.7. The summed E-state index contributed by atoms with van der Waals surface area (Å²) in [6, 6.07) is 5.62. The minimum Gasteiger partial charge on any atom is -0.490 e. The molecule has 0 radical (unpaired) electrons. The van der Waals surface area contributed by atoms with E-state index >= 15 is 0 Å². The van der Waals surface area contributed by atoms with Gasteiger partial charge in [0.05, 0.1) is 25.2 Å². The summed E-state index contributed by atoms with van der Waals surface area (Å²) < 4.78 is 11.4. The lowest BCUT2D eigenvalue weighted by atomic mass is 10.2. The van der Waals surface area contributed by atoms with E-state index in [1.54, 1.807) is 6.21 Å². The fraction of sp³-hybridized carbons (Fsp3) is 0.438. The fourth-order valence-corrected chi connectivity index (χ4v) is 2.41. The zero-order valence-corrected chi connectivity index (χ0v) is 14.4. The van der Waals surface area contributed by atoms with Crippen molar-refractivity contribution in [2.45, 2.75) is 20.8 Å². The summed E-state index contributed by atoms with van der Waals surface area (Å²) in [7, 11) is 0. The number of nitrogens with zero attached hydrogens (tertiary/aromatic N) is 2. The van der Waals surface area contributed by atoms with Gasteiger partial charge in [-0.1, -0.05) is 25.6 Å². The van der Waals surface area contributed by atoms with E-state index < -0.39 is 0 Å². The monoisotopic (exact) mass is 335 g/mol. The summed E-state index contributed by atoms with van der Waals surface area (Å²) in [6.45, 7) is 7.32. The lowest BCUT2D eigenvalue weighted by Gasteiger charge is -2.13. The minimum absolute atomic E-state index is 0.0470. The summed E-state index contributed by atoms with van der Waals surface area (Å²) >= 11 is 1.34. The van der Waals surface area contributed by atoms with Crippen molar-refractivity contribution in [3.8, 4) is 11.5 Å². The van der Waals surface area contributed by atoms with Gasteiger partial charge >= 0.3 is 0 Å². The van der Waals surface area contributed by atoms with Gasteiger partial charge in [0.15, 0.2) is 16.7 Å². The maximum Gasteiger partial charge on any atom is 0.236 e. The smallest absolute Gasteiger partial charge is 0.236 e. The van der Waals surface area contributed by atoms with E-state index in [0.29, 0.717) is 35.8 Å². The highest BCUT2D eigenvalue weighted by atomic mass is 32.2. The Labute approximate surface area is 140 Å². The van der Waals surface area contributed by atoms with Crippen molar-refractivity contribution in [2.75, 3.05) is 19.0 Å². The van der Waals surface area contributed by atoms with Gasteiger partial charge in [-0.15, -0.1) is 5.10 Å². The molecule has 1 fully saturated rings. The second kappa shape index (κ2) is 8.57. The van der Waals surface area contributed by atoms with Crippen LogP contribution in [0.5, 0.6) is 11.5 Å². The first-order valence-electron chi connectivity index (χ1n) is 7.51. The van der Waals surface area contributed by atoms with Crippen LogP contribution in [0, 0.1) is 5.92 Å². The Balaban J connectivity index is 2.07. The normalized spacial score (nSPS) is 16.3. The van der Waals surface area contributed by atoms with Gasteiger partial charge in [0.25, 0.3) is 0 Å². The van der Waals surface area contributed by atoms with Crippen LogP contribution in [0.15, 0.2) is 28.4 Å². The van der Waals surface area contributed by atoms with E-state index in [2.05, 4.69) is 29.4 Å². The van der Waals surface area contributed by atoms with Gasteiger partial charge in [0, 0.05) is 0 Å². The van der Waals surface area contributed by atoms with E-state index in [9.17, 15) is 4.79 Å². The Hall–Kier alpha value is -2.02. The third-order valence-electron chi connectivity index (χ3n) is 2.78. The Morgan fingerprint density at radius 3 is 2.83 bits per heavy atom. The van der Waals surface area contributed by atoms with Crippen LogP contribution in [0.2, 0.25) is 0 Å². The average molecular weight is 335 g/mol. The number of amides is 1. The number of amidine groups is 1. The molecular formula is C16H21N3O3S. The number of thioether (sulfide) groups is 1. The molecule has 1 saturated heterocycles. The number of hydrogen-bond acceptors (Lipinski definition) is 6. The quantitative estimate of drug-likeness (QED) is 0.614. The molecule has 7 heteroatoms. The number of hydrogen-bond donors (Lipinski definition) is 1. The molecule has 0 unspecified atom stereocenters. The largest absolute Gasteiger partial charge is 0.490 e. The molecule has 0 spiro atoms. The number of nitrogens with one attached hydrogen (secondary N) is 1. The highest BCUT2D eigenvalue weighted by Crippen LogP contribution is 2.28. The van der Waals surface area contributed by atoms with Gasteiger partial charge in [0.1, 0.15) is 0 Å². The molecule has 1 N–H and O–H groups in total. The van der Waals surface area contributed by atoms with E-state index in [1.165, 1.54) is 11.8 Å². The van der Waals surface area contributed by atoms with Crippen LogP contribution in [-0.2, 0) is 4.79 Å². The average Bonchev–Trinajstić information content (AvgIpc) is 2.92. The van der Waals surface area contributed by atoms with Crippen molar-refractivity contribution in [3.63, 3.8) is 0 Å². The summed E-state index contributed by atoms with van der Waals surface area (Å²) in [6.07, 6.45) is 1.62. The van der Waals surface area contributed by atoms with Crippen molar-refractivity contribution >= 4 is 29.1 Å². The Morgan fingerprint density at radius 2 is 2.17 bits per heavy atom. The standard InChI is InChI=1S/C16H21N3O3S/c1-4-21-14-7-12(5-6-13(14)22-9-11(2)3)8-17-19-16-18-15(20)10-23-16/h5-8,11H,4,9-10H2,1-3H3,(H,18,19,20). The van der Waals surface area contributed by atoms with Crippen molar-refractivity contribution in [3.05, 3.63) is 23.8 Å². The zero-order valence-electron chi connectivity index (χ0n) is 13.5. The molecule has 124 valence electrons. The predicted octanol–water partition coefficient (Wildman–Crippen LogP) is 2.67. The van der Waals surface area contributed by atoms with E-state index in [1.807, 2.05) is 25.1 Å². The lowest BCUT2D eigenvalue weighted by molar-refractivity contribution is -0.116. The number of carbonyl (C=O) groups is 1. The van der Waals surface area contributed by atoms with Gasteiger partial charge in [-0.05, 0) is 36.6 Å². The highest BCUT2D eigenvalue weighted by Gasteiger charge is 2.15. The van der Waals surface area contributed by atoms with Gasteiger partial charge in [0.2, 0.25) is 5.91 Å².